The second-order valence-electron chi connectivity index (χ2n) is 13.9. The van der Waals surface area contributed by atoms with E-state index in [1.165, 1.54) is 10.8 Å². The van der Waals surface area contributed by atoms with Gasteiger partial charge in [-0.3, -0.25) is 0 Å². The van der Waals surface area contributed by atoms with Crippen molar-refractivity contribution in [3.63, 3.8) is 0 Å². The lowest BCUT2D eigenvalue weighted by atomic mass is 9.91. The highest BCUT2D eigenvalue weighted by Crippen LogP contribution is 2.38. The molecule has 0 aliphatic heterocycles. The summed E-state index contributed by atoms with van der Waals surface area (Å²) < 4.78 is 0. The Bertz CT molecular complexity index is 2830. The summed E-state index contributed by atoms with van der Waals surface area (Å²) in [6, 6.07) is 67.7. The molecule has 8 aromatic carbocycles. The van der Waals surface area contributed by atoms with Crippen molar-refractivity contribution in [1.82, 2.24) is 25.1 Å². The van der Waals surface area contributed by atoms with Crippen molar-refractivity contribution in [2.45, 2.75) is 0 Å². The summed E-state index contributed by atoms with van der Waals surface area (Å²) in [5.41, 5.74) is 11.0. The van der Waals surface area contributed by atoms with E-state index in [1.807, 2.05) is 42.5 Å². The third-order valence-electron chi connectivity index (χ3n) is 10.2. The van der Waals surface area contributed by atoms with Crippen molar-refractivity contribution < 1.29 is 0 Å². The highest BCUT2D eigenvalue weighted by atomic mass is 15.1. The zero-order chi connectivity index (χ0) is 37.3. The van der Waals surface area contributed by atoms with Crippen molar-refractivity contribution in [2.75, 3.05) is 0 Å². The summed E-state index contributed by atoms with van der Waals surface area (Å²) in [5, 5.41) is 13.5. The van der Waals surface area contributed by atoms with Crippen LogP contribution in [0.5, 0.6) is 0 Å². The van der Waals surface area contributed by atoms with Crippen molar-refractivity contribution in [3.8, 4) is 78.8 Å². The molecule has 0 N–H and O–H groups in total. The predicted octanol–water partition coefficient (Wildman–Crippen LogP) is 12.6. The topological polar surface area (TPSA) is 64.5 Å². The summed E-state index contributed by atoms with van der Waals surface area (Å²) >= 11 is 0. The van der Waals surface area contributed by atoms with Crippen LogP contribution in [0, 0.1) is 0 Å². The molecule has 5 heteroatoms. The zero-order valence-electron chi connectivity index (χ0n) is 30.3. The molecule has 0 atom stereocenters. The summed E-state index contributed by atoms with van der Waals surface area (Å²) in [5.74, 6) is 1.79. The molecule has 0 bridgehead atoms. The normalized spacial score (nSPS) is 11.2. The molecule has 0 saturated carbocycles. The number of benzene rings is 8. The highest BCUT2D eigenvalue weighted by Gasteiger charge is 2.17. The lowest BCUT2D eigenvalue weighted by Crippen LogP contribution is -2.01. The fourth-order valence-corrected chi connectivity index (χ4v) is 7.33. The Kier molecular flexibility index (Phi) is 8.43. The molecule has 2 heterocycles. The quantitative estimate of drug-likeness (QED) is 0.164. The van der Waals surface area contributed by atoms with Crippen LogP contribution in [-0.2, 0) is 0 Å². The zero-order valence-corrected chi connectivity index (χ0v) is 30.3. The van der Waals surface area contributed by atoms with E-state index in [9.17, 15) is 0 Å². The number of aromatic nitrogens is 5. The largest absolute Gasteiger partial charge is 0.208 e. The van der Waals surface area contributed by atoms with Gasteiger partial charge in [0.25, 0.3) is 0 Å². The first-order valence-corrected chi connectivity index (χ1v) is 18.6. The average molecular weight is 716 g/mol. The smallest absolute Gasteiger partial charge is 0.164 e. The van der Waals surface area contributed by atoms with Gasteiger partial charge < -0.3 is 0 Å². The summed E-state index contributed by atoms with van der Waals surface area (Å²) in [6.07, 6.45) is 1.70. The van der Waals surface area contributed by atoms with Crippen LogP contribution in [0.2, 0.25) is 0 Å². The van der Waals surface area contributed by atoms with E-state index >= 15 is 0 Å². The minimum absolute atomic E-state index is 0.572. The van der Waals surface area contributed by atoms with Gasteiger partial charge in [-0.05, 0) is 116 Å². The number of fused-ring (bicyclic) bond motifs is 2. The average Bonchev–Trinajstić information content (AvgIpc) is 3.29. The Labute approximate surface area is 324 Å². The lowest BCUT2D eigenvalue weighted by molar-refractivity contribution is 1.04. The van der Waals surface area contributed by atoms with Crippen LogP contribution >= 0.6 is 0 Å². The van der Waals surface area contributed by atoms with Crippen LogP contribution in [0.4, 0.5) is 0 Å². The van der Waals surface area contributed by atoms with E-state index < -0.39 is 0 Å². The van der Waals surface area contributed by atoms with E-state index in [-0.39, 0.29) is 0 Å². The molecular formula is C51H33N5. The van der Waals surface area contributed by atoms with E-state index in [2.05, 4.69) is 162 Å². The van der Waals surface area contributed by atoms with Gasteiger partial charge in [-0.15, -0.1) is 0 Å². The lowest BCUT2D eigenvalue weighted by Gasteiger charge is -2.15. The molecule has 56 heavy (non-hydrogen) atoms. The summed E-state index contributed by atoms with van der Waals surface area (Å²) in [6.45, 7) is 0. The predicted molar refractivity (Wildman–Crippen MR) is 228 cm³/mol. The molecule has 0 aliphatic rings. The molecule has 10 aromatic rings. The van der Waals surface area contributed by atoms with Gasteiger partial charge in [0.05, 0.1) is 5.69 Å². The van der Waals surface area contributed by atoms with E-state index in [0.717, 1.165) is 72.1 Å². The Morgan fingerprint density at radius 1 is 0.250 bits per heavy atom. The van der Waals surface area contributed by atoms with Crippen molar-refractivity contribution in [1.29, 1.82) is 0 Å². The minimum Gasteiger partial charge on any atom is -0.208 e. The van der Waals surface area contributed by atoms with Gasteiger partial charge >= 0.3 is 0 Å². The van der Waals surface area contributed by atoms with Gasteiger partial charge in [-0.1, -0.05) is 133 Å². The van der Waals surface area contributed by atoms with Crippen molar-refractivity contribution in [2.24, 2.45) is 0 Å². The van der Waals surface area contributed by atoms with Gasteiger partial charge in [0, 0.05) is 28.5 Å². The fourth-order valence-electron chi connectivity index (χ4n) is 7.33. The molecule has 2 aromatic heterocycles. The summed E-state index contributed by atoms with van der Waals surface area (Å²) in [7, 11) is 0. The van der Waals surface area contributed by atoms with Crippen molar-refractivity contribution >= 4 is 21.5 Å². The molecule has 0 spiro atoms. The Hall–Kier alpha value is -7.63. The van der Waals surface area contributed by atoms with Gasteiger partial charge in [-0.25, -0.2) is 15.0 Å². The number of hydrogen-bond acceptors (Lipinski definition) is 5. The molecule has 0 amide bonds. The molecule has 262 valence electrons. The first-order chi connectivity index (χ1) is 27.7. The minimum atomic E-state index is 0.572. The maximum atomic E-state index is 5.18. The van der Waals surface area contributed by atoms with Crippen LogP contribution in [-0.4, -0.2) is 25.1 Å². The van der Waals surface area contributed by atoms with Gasteiger partial charge in [0.1, 0.15) is 0 Å². The van der Waals surface area contributed by atoms with Crippen LogP contribution in [0.1, 0.15) is 0 Å². The Balaban J connectivity index is 1.19. The fraction of sp³-hybridized carbons (Fsp3) is 0. The van der Waals surface area contributed by atoms with E-state index in [1.54, 1.807) is 6.20 Å². The maximum Gasteiger partial charge on any atom is 0.164 e. The third kappa shape index (κ3) is 6.59. The van der Waals surface area contributed by atoms with Crippen molar-refractivity contribution in [3.05, 3.63) is 200 Å². The molecule has 5 nitrogen and oxygen atoms in total. The van der Waals surface area contributed by atoms with Crippen LogP contribution in [0.15, 0.2) is 200 Å². The second-order valence-corrected chi connectivity index (χ2v) is 13.9. The highest BCUT2D eigenvalue weighted by molar-refractivity contribution is 5.91. The first-order valence-electron chi connectivity index (χ1n) is 18.6. The monoisotopic (exact) mass is 715 g/mol. The number of rotatable bonds is 7. The summed E-state index contributed by atoms with van der Waals surface area (Å²) in [4.78, 5) is 15.3. The molecule has 0 fully saturated rings. The third-order valence-corrected chi connectivity index (χ3v) is 10.2. The van der Waals surface area contributed by atoms with Crippen LogP contribution in [0.25, 0.3) is 100 Å². The molecule has 0 unspecified atom stereocenters. The Morgan fingerprint density at radius 3 is 1.32 bits per heavy atom. The maximum absolute atomic E-state index is 5.18. The molecule has 0 radical (unpaired) electrons. The second kappa shape index (κ2) is 14.3. The first kappa shape index (κ1) is 33.0. The number of hydrogen-bond donors (Lipinski definition) is 0. The molecule has 0 saturated heterocycles. The van der Waals surface area contributed by atoms with Gasteiger partial charge in [0.15, 0.2) is 17.5 Å². The Morgan fingerprint density at radius 2 is 0.696 bits per heavy atom. The number of nitrogens with zero attached hydrogens (tertiary/aromatic N) is 5. The van der Waals surface area contributed by atoms with E-state index in [0.29, 0.717) is 17.5 Å². The van der Waals surface area contributed by atoms with Gasteiger partial charge in [0.2, 0.25) is 0 Å². The molecule has 0 aliphatic carbocycles. The van der Waals surface area contributed by atoms with E-state index in [4.69, 9.17) is 15.0 Å². The van der Waals surface area contributed by atoms with Gasteiger partial charge in [-0.2, -0.15) is 10.2 Å². The van der Waals surface area contributed by atoms with Crippen LogP contribution in [0.3, 0.4) is 0 Å². The standard InChI is InChI=1S/C51H33N5/c1-3-12-34(13-4-1)42-28-43(40-23-21-35-14-7-9-18-38(35)26-40)30-44(29-42)45-31-46(48-20-11-25-52-56-48)33-47(32-45)51-54-49(37-16-5-2-6-17-37)53-50(55-51)41-24-22-36-15-8-10-19-39(36)27-41/h1-33H. The molecule has 10 rings (SSSR count). The SMILES string of the molecule is c1ccc(-c2cc(-c3cc(-c4cccnn4)cc(-c4nc(-c5ccccc5)nc(-c5ccc6ccccc6c5)n4)c3)cc(-c3ccc4ccccc4c3)c2)cc1. The van der Waals surface area contributed by atoms with Crippen LogP contribution < -0.4 is 0 Å². The molecular weight excluding hydrogens is 683 g/mol.